The second-order valence-electron chi connectivity index (χ2n) is 6.13. The molecule has 1 aromatic heterocycles. The van der Waals surface area contributed by atoms with Gasteiger partial charge in [-0.2, -0.15) is 0 Å². The van der Waals surface area contributed by atoms with Gasteiger partial charge in [0.05, 0.1) is 0 Å². The Morgan fingerprint density at radius 2 is 1.79 bits per heavy atom. The summed E-state index contributed by atoms with van der Waals surface area (Å²) in [7, 11) is 0. The molecule has 2 aromatic carbocycles. The summed E-state index contributed by atoms with van der Waals surface area (Å²) in [5.74, 6) is -3.30. The number of phenols is 1. The molecule has 0 aliphatic rings. The molecule has 0 saturated carbocycles. The first-order chi connectivity index (χ1) is 13.3. The van der Waals surface area contributed by atoms with E-state index in [0.717, 1.165) is 18.2 Å². The lowest BCUT2D eigenvalue weighted by Gasteiger charge is -2.15. The van der Waals surface area contributed by atoms with Crippen LogP contribution in [0.5, 0.6) is 5.75 Å². The standard InChI is InChI=1S/C21H15F2NO4/c1-12-8-15(25)5-7-19(12)24-11-16(21(27)28)20(26)10-14(24)4-2-13-3-6-17(22)18(23)9-13/h2-11,25H,1H3,(H,27,28)/b4-2+. The normalized spacial score (nSPS) is 11.1. The lowest BCUT2D eigenvalue weighted by molar-refractivity contribution is 0.0694. The Bertz CT molecular complexity index is 1170. The maximum absolute atomic E-state index is 13.4. The minimum atomic E-state index is -1.37. The molecule has 0 radical (unpaired) electrons. The number of phenolic OH excluding ortho intramolecular Hbond substituents is 1. The van der Waals surface area contributed by atoms with Crippen molar-refractivity contribution in [2.24, 2.45) is 0 Å². The SMILES string of the molecule is Cc1cc(O)ccc1-n1cc(C(=O)O)c(=O)cc1/C=C/c1ccc(F)c(F)c1. The fraction of sp³-hybridized carbons (Fsp3) is 0.0476. The molecule has 5 nitrogen and oxygen atoms in total. The van der Waals surface area contributed by atoms with E-state index in [1.807, 2.05) is 0 Å². The molecule has 0 bridgehead atoms. The van der Waals surface area contributed by atoms with Crippen molar-refractivity contribution in [1.82, 2.24) is 4.57 Å². The number of hydrogen-bond donors (Lipinski definition) is 2. The molecule has 0 saturated heterocycles. The summed E-state index contributed by atoms with van der Waals surface area (Å²) in [6.45, 7) is 1.72. The smallest absolute Gasteiger partial charge is 0.341 e. The highest BCUT2D eigenvalue weighted by molar-refractivity contribution is 5.87. The van der Waals surface area contributed by atoms with E-state index in [1.54, 1.807) is 13.0 Å². The molecule has 1 heterocycles. The Labute approximate surface area is 158 Å². The highest BCUT2D eigenvalue weighted by Crippen LogP contribution is 2.22. The van der Waals surface area contributed by atoms with Gasteiger partial charge in [-0.25, -0.2) is 13.6 Å². The first-order valence-corrected chi connectivity index (χ1v) is 8.19. The van der Waals surface area contributed by atoms with Crippen molar-refractivity contribution in [3.63, 3.8) is 0 Å². The average Bonchev–Trinajstić information content (AvgIpc) is 2.63. The van der Waals surface area contributed by atoms with E-state index in [2.05, 4.69) is 0 Å². The topological polar surface area (TPSA) is 79.5 Å². The van der Waals surface area contributed by atoms with Crippen LogP contribution in [0.2, 0.25) is 0 Å². The van der Waals surface area contributed by atoms with Crippen LogP contribution in [-0.4, -0.2) is 20.7 Å². The summed E-state index contributed by atoms with van der Waals surface area (Å²) < 4.78 is 28.0. The number of halogens is 2. The maximum Gasteiger partial charge on any atom is 0.341 e. The van der Waals surface area contributed by atoms with E-state index >= 15 is 0 Å². The molecule has 2 N–H and O–H groups in total. The van der Waals surface area contributed by atoms with Gasteiger partial charge in [-0.3, -0.25) is 4.79 Å². The molecule has 0 unspecified atom stereocenters. The fourth-order valence-corrected chi connectivity index (χ4v) is 2.75. The quantitative estimate of drug-likeness (QED) is 0.714. The number of aromatic hydroxyl groups is 1. The van der Waals surface area contributed by atoms with Crippen molar-refractivity contribution in [1.29, 1.82) is 0 Å². The van der Waals surface area contributed by atoms with Crippen LogP contribution < -0.4 is 5.43 Å². The van der Waals surface area contributed by atoms with E-state index in [9.17, 15) is 28.6 Å². The predicted octanol–water partition coefficient (Wildman–Crippen LogP) is 4.00. The van der Waals surface area contributed by atoms with Gasteiger partial charge in [-0.05, 0) is 54.5 Å². The van der Waals surface area contributed by atoms with Crippen molar-refractivity contribution in [3.05, 3.63) is 92.9 Å². The molecule has 0 fully saturated rings. The molecule has 0 amide bonds. The van der Waals surface area contributed by atoms with E-state index in [1.165, 1.54) is 41.1 Å². The number of aryl methyl sites for hydroxylation is 1. The van der Waals surface area contributed by atoms with Crippen LogP contribution in [0.1, 0.15) is 27.2 Å². The molecule has 0 aliphatic heterocycles. The largest absolute Gasteiger partial charge is 0.508 e. The van der Waals surface area contributed by atoms with Crippen molar-refractivity contribution >= 4 is 18.1 Å². The third kappa shape index (κ3) is 3.83. The molecule has 0 aliphatic carbocycles. The summed E-state index contributed by atoms with van der Waals surface area (Å²) in [4.78, 5) is 23.5. The second kappa shape index (κ2) is 7.48. The van der Waals surface area contributed by atoms with Crippen LogP contribution >= 0.6 is 0 Å². The van der Waals surface area contributed by atoms with Crippen molar-refractivity contribution in [3.8, 4) is 11.4 Å². The van der Waals surface area contributed by atoms with Gasteiger partial charge in [0.1, 0.15) is 11.3 Å². The van der Waals surface area contributed by atoms with Gasteiger partial charge in [-0.1, -0.05) is 12.1 Å². The molecular weight excluding hydrogens is 368 g/mol. The molecule has 28 heavy (non-hydrogen) atoms. The van der Waals surface area contributed by atoms with E-state index in [4.69, 9.17) is 0 Å². The maximum atomic E-state index is 13.4. The zero-order chi connectivity index (χ0) is 20.4. The monoisotopic (exact) mass is 383 g/mol. The van der Waals surface area contributed by atoms with E-state index in [-0.39, 0.29) is 5.75 Å². The predicted molar refractivity (Wildman–Crippen MR) is 101 cm³/mol. The molecule has 3 aromatic rings. The van der Waals surface area contributed by atoms with Crippen LogP contribution in [0.25, 0.3) is 17.8 Å². The van der Waals surface area contributed by atoms with Gasteiger partial charge in [0.25, 0.3) is 0 Å². The summed E-state index contributed by atoms with van der Waals surface area (Å²) in [6, 6.07) is 9.02. The molecule has 0 spiro atoms. The van der Waals surface area contributed by atoms with Crippen LogP contribution in [0.3, 0.4) is 0 Å². The van der Waals surface area contributed by atoms with Crippen LogP contribution in [0.4, 0.5) is 8.78 Å². The summed E-state index contributed by atoms with van der Waals surface area (Å²) in [5.41, 5.74) is 0.770. The molecule has 0 atom stereocenters. The molecular formula is C21H15F2NO4. The van der Waals surface area contributed by atoms with Crippen molar-refractivity contribution in [2.45, 2.75) is 6.92 Å². The molecule has 3 rings (SSSR count). The highest BCUT2D eigenvalue weighted by atomic mass is 19.2. The number of carbonyl (C=O) groups is 1. The van der Waals surface area contributed by atoms with Gasteiger partial charge < -0.3 is 14.8 Å². The van der Waals surface area contributed by atoms with E-state index < -0.39 is 28.6 Å². The van der Waals surface area contributed by atoms with Gasteiger partial charge in [0.15, 0.2) is 17.1 Å². The Morgan fingerprint density at radius 3 is 2.43 bits per heavy atom. The summed E-state index contributed by atoms with van der Waals surface area (Å²) in [5, 5.41) is 18.9. The van der Waals surface area contributed by atoms with Crippen LogP contribution in [-0.2, 0) is 0 Å². The highest BCUT2D eigenvalue weighted by Gasteiger charge is 2.14. The number of nitrogens with zero attached hydrogens (tertiary/aromatic N) is 1. The average molecular weight is 383 g/mol. The first-order valence-electron chi connectivity index (χ1n) is 8.19. The third-order valence-corrected chi connectivity index (χ3v) is 4.14. The summed E-state index contributed by atoms with van der Waals surface area (Å²) >= 11 is 0. The number of benzene rings is 2. The zero-order valence-corrected chi connectivity index (χ0v) is 14.7. The number of pyridine rings is 1. The fourth-order valence-electron chi connectivity index (χ4n) is 2.75. The number of carboxylic acid groups (broad SMARTS) is 1. The molecule has 142 valence electrons. The number of hydrogen-bond acceptors (Lipinski definition) is 3. The van der Waals surface area contributed by atoms with Crippen LogP contribution in [0.15, 0.2) is 53.5 Å². The minimum absolute atomic E-state index is 0.0413. The summed E-state index contributed by atoms with van der Waals surface area (Å²) in [6.07, 6.45) is 4.16. The van der Waals surface area contributed by atoms with E-state index in [0.29, 0.717) is 22.5 Å². The number of carboxylic acids is 1. The Balaban J connectivity index is 2.17. The number of aromatic carboxylic acids is 1. The second-order valence-corrected chi connectivity index (χ2v) is 6.13. The van der Waals surface area contributed by atoms with Crippen molar-refractivity contribution < 1.29 is 23.8 Å². The van der Waals surface area contributed by atoms with Gasteiger partial charge >= 0.3 is 5.97 Å². The Hall–Kier alpha value is -3.74. The lowest BCUT2D eigenvalue weighted by atomic mass is 10.1. The lowest BCUT2D eigenvalue weighted by Crippen LogP contribution is -2.18. The van der Waals surface area contributed by atoms with Gasteiger partial charge in [-0.15, -0.1) is 0 Å². The number of rotatable bonds is 4. The van der Waals surface area contributed by atoms with Gasteiger partial charge in [0.2, 0.25) is 0 Å². The number of aromatic nitrogens is 1. The Morgan fingerprint density at radius 1 is 1.04 bits per heavy atom. The third-order valence-electron chi connectivity index (χ3n) is 4.14. The molecule has 7 heteroatoms. The van der Waals surface area contributed by atoms with Crippen molar-refractivity contribution in [2.75, 3.05) is 0 Å². The van der Waals surface area contributed by atoms with Crippen LogP contribution in [0, 0.1) is 18.6 Å². The minimum Gasteiger partial charge on any atom is -0.508 e. The Kier molecular flexibility index (Phi) is 5.08. The van der Waals surface area contributed by atoms with Gasteiger partial charge in [0, 0.05) is 23.6 Å². The zero-order valence-electron chi connectivity index (χ0n) is 14.7. The first kappa shape index (κ1) is 19.0.